The molecule has 0 bridgehead atoms. The number of para-hydroxylation sites is 1. The Kier molecular flexibility index (Phi) is 5.34. The number of hydrogen-bond donors (Lipinski definition) is 0. The van der Waals surface area contributed by atoms with Crippen molar-refractivity contribution in [3.63, 3.8) is 0 Å². The molecule has 0 amide bonds. The van der Waals surface area contributed by atoms with Gasteiger partial charge in [-0.05, 0) is 24.3 Å². The van der Waals surface area contributed by atoms with Gasteiger partial charge in [-0.15, -0.1) is 9.36 Å². The molecule has 0 atom stereocenters. The van der Waals surface area contributed by atoms with Crippen LogP contribution in [0.15, 0.2) is 97.1 Å². The third-order valence-corrected chi connectivity index (χ3v) is 4.29. The Morgan fingerprint density at radius 3 is 1.68 bits per heavy atom. The molecule has 0 N–H and O–H groups in total. The van der Waals surface area contributed by atoms with Gasteiger partial charge in [-0.1, -0.05) is 66.7 Å². The van der Waals surface area contributed by atoms with E-state index in [2.05, 4.69) is 107 Å². The van der Waals surface area contributed by atoms with E-state index in [1.54, 1.807) is 0 Å². The summed E-state index contributed by atoms with van der Waals surface area (Å²) in [6, 6.07) is 33.8. The van der Waals surface area contributed by atoms with Crippen molar-refractivity contribution in [2.75, 3.05) is 0 Å². The van der Waals surface area contributed by atoms with Crippen molar-refractivity contribution >= 4 is 0 Å². The molecule has 0 aliphatic heterocycles. The minimum atomic E-state index is 0. The fourth-order valence-corrected chi connectivity index (χ4v) is 3.13. The Bertz CT molecular complexity index is 946. The second kappa shape index (κ2) is 7.66. The maximum absolute atomic E-state index is 2.26. The first-order chi connectivity index (χ1) is 11.8. The van der Waals surface area contributed by atoms with Crippen LogP contribution < -0.4 is 28.7 Å². The first kappa shape index (κ1) is 17.4. The molecule has 1 heterocycles. The normalized spacial score (nSPS) is 10.3. The molecule has 4 rings (SSSR count). The second-order valence-electron chi connectivity index (χ2n) is 5.82. The smallest absolute Gasteiger partial charge is 0.239 e. The van der Waals surface area contributed by atoms with Gasteiger partial charge in [0, 0.05) is 17.2 Å². The minimum absolute atomic E-state index is 0. The Morgan fingerprint density at radius 1 is 0.640 bits per heavy atom. The molecule has 0 radical (unpaired) electrons. The van der Waals surface area contributed by atoms with Crippen LogP contribution in [0.3, 0.4) is 0 Å². The van der Waals surface area contributed by atoms with Crippen molar-refractivity contribution in [1.29, 1.82) is 0 Å². The van der Waals surface area contributed by atoms with Crippen LogP contribution in [0.2, 0.25) is 0 Å². The molecule has 4 aromatic rings. The summed E-state index contributed by atoms with van der Waals surface area (Å²) in [5, 5.41) is 0. The van der Waals surface area contributed by atoms with E-state index in [-0.39, 0.29) is 24.0 Å². The maximum Gasteiger partial charge on any atom is 0.239 e. The average Bonchev–Trinajstić information content (AvgIpc) is 3.01. The van der Waals surface area contributed by atoms with Crippen LogP contribution in [0, 0.1) is 0 Å². The van der Waals surface area contributed by atoms with E-state index in [1.165, 1.54) is 22.5 Å². The molecule has 0 saturated heterocycles. The predicted molar refractivity (Wildman–Crippen MR) is 97.8 cm³/mol. The van der Waals surface area contributed by atoms with Gasteiger partial charge in [-0.25, -0.2) is 0 Å². The van der Waals surface area contributed by atoms with Gasteiger partial charge in [-0.2, -0.15) is 0 Å². The molecule has 0 aliphatic carbocycles. The van der Waals surface area contributed by atoms with Crippen LogP contribution in [-0.4, -0.2) is 4.68 Å². The van der Waals surface area contributed by atoms with E-state index < -0.39 is 0 Å². The minimum Gasteiger partial charge on any atom is -1.00 e. The van der Waals surface area contributed by atoms with Crippen molar-refractivity contribution in [3.8, 4) is 28.2 Å². The van der Waals surface area contributed by atoms with Crippen molar-refractivity contribution in [1.82, 2.24) is 4.68 Å². The van der Waals surface area contributed by atoms with Crippen molar-refractivity contribution < 1.29 is 28.7 Å². The molecule has 2 nitrogen and oxygen atoms in total. The Balaban J connectivity index is 0.00000182. The number of rotatable bonds is 3. The van der Waals surface area contributed by atoms with Gasteiger partial charge in [0.25, 0.3) is 0 Å². The van der Waals surface area contributed by atoms with E-state index in [0.717, 1.165) is 5.69 Å². The molecule has 3 heteroatoms. The topological polar surface area (TPSA) is 8.81 Å². The van der Waals surface area contributed by atoms with Crippen LogP contribution in [0.1, 0.15) is 0 Å². The molecule has 0 spiro atoms. The monoisotopic (exact) mass is 438 g/mol. The fraction of sp³-hybridized carbons (Fsp3) is 0.0455. The van der Waals surface area contributed by atoms with E-state index >= 15 is 0 Å². The molecule has 0 aliphatic rings. The average molecular weight is 438 g/mol. The lowest BCUT2D eigenvalue weighted by atomic mass is 10.1. The summed E-state index contributed by atoms with van der Waals surface area (Å²) >= 11 is 0. The fourth-order valence-electron chi connectivity index (χ4n) is 3.13. The number of halogens is 1. The first-order valence-electron chi connectivity index (χ1n) is 8.13. The molecule has 0 unspecified atom stereocenters. The number of hydrogen-bond acceptors (Lipinski definition) is 0. The summed E-state index contributed by atoms with van der Waals surface area (Å²) in [7, 11) is 2.11. The van der Waals surface area contributed by atoms with Gasteiger partial charge in [0.05, 0.1) is 0 Å². The number of nitrogens with zero attached hydrogens (tertiary/aromatic N) is 2. The van der Waals surface area contributed by atoms with Gasteiger partial charge in [0.15, 0.2) is 7.05 Å². The molecular formula is C22H19IN2. The van der Waals surface area contributed by atoms with Crippen LogP contribution in [0.25, 0.3) is 28.2 Å². The molecular weight excluding hydrogens is 419 g/mol. The highest BCUT2D eigenvalue weighted by Gasteiger charge is 2.23. The van der Waals surface area contributed by atoms with E-state index in [0.29, 0.717) is 0 Å². The van der Waals surface area contributed by atoms with Gasteiger partial charge >= 0.3 is 0 Å². The van der Waals surface area contributed by atoms with Crippen molar-refractivity contribution in [3.05, 3.63) is 97.1 Å². The summed E-state index contributed by atoms with van der Waals surface area (Å²) in [4.78, 5) is 0. The second-order valence-corrected chi connectivity index (χ2v) is 5.82. The zero-order valence-corrected chi connectivity index (χ0v) is 16.2. The number of aromatic nitrogens is 2. The van der Waals surface area contributed by atoms with Crippen molar-refractivity contribution in [2.24, 2.45) is 7.05 Å². The summed E-state index contributed by atoms with van der Waals surface area (Å²) < 4.78 is 4.48. The third-order valence-electron chi connectivity index (χ3n) is 4.29. The summed E-state index contributed by atoms with van der Waals surface area (Å²) in [6.45, 7) is 0. The molecule has 3 aromatic carbocycles. The van der Waals surface area contributed by atoms with E-state index in [9.17, 15) is 0 Å². The largest absolute Gasteiger partial charge is 1.00 e. The summed E-state index contributed by atoms with van der Waals surface area (Å²) in [6.07, 6.45) is 0. The van der Waals surface area contributed by atoms with Gasteiger partial charge in [-0.3, -0.25) is 0 Å². The van der Waals surface area contributed by atoms with Crippen LogP contribution in [0.5, 0.6) is 0 Å². The van der Waals surface area contributed by atoms with Crippen LogP contribution in [-0.2, 0) is 7.05 Å². The van der Waals surface area contributed by atoms with Gasteiger partial charge in [0.1, 0.15) is 11.4 Å². The SMILES string of the molecule is C[n+]1c(-c2ccccc2)cc(-c2ccccc2)n1-c1ccccc1.[I-]. The maximum atomic E-state index is 2.26. The molecule has 25 heavy (non-hydrogen) atoms. The van der Waals surface area contributed by atoms with Gasteiger partial charge < -0.3 is 24.0 Å². The molecule has 1 aromatic heterocycles. The van der Waals surface area contributed by atoms with Crippen LogP contribution in [0.4, 0.5) is 0 Å². The third kappa shape index (κ3) is 3.37. The highest BCUT2D eigenvalue weighted by Crippen LogP contribution is 2.27. The van der Waals surface area contributed by atoms with Crippen LogP contribution >= 0.6 is 0 Å². The highest BCUT2D eigenvalue weighted by molar-refractivity contribution is 5.68. The first-order valence-corrected chi connectivity index (χ1v) is 8.13. The summed E-state index contributed by atoms with van der Waals surface area (Å²) in [5.74, 6) is 0. The van der Waals surface area contributed by atoms with Gasteiger partial charge in [0.2, 0.25) is 5.69 Å². The van der Waals surface area contributed by atoms with E-state index in [4.69, 9.17) is 0 Å². The zero-order valence-electron chi connectivity index (χ0n) is 14.0. The molecule has 124 valence electrons. The number of benzene rings is 3. The lowest BCUT2D eigenvalue weighted by Gasteiger charge is -2.06. The Hall–Kier alpha value is -2.40. The predicted octanol–water partition coefficient (Wildman–Crippen LogP) is 1.64. The Labute approximate surface area is 165 Å². The standard InChI is InChI=1S/C22H19N2.HI/c1-23-21(18-11-5-2-6-12-18)17-22(19-13-7-3-8-14-19)24(23)20-15-9-4-10-16-20;/h2-17H,1H3;1H/q+1;/p-1. The zero-order chi connectivity index (χ0) is 16.4. The Morgan fingerprint density at radius 2 is 1.12 bits per heavy atom. The summed E-state index contributed by atoms with van der Waals surface area (Å²) in [5.41, 5.74) is 5.95. The van der Waals surface area contributed by atoms with E-state index in [1.807, 2.05) is 6.07 Å². The quantitative estimate of drug-likeness (QED) is 0.340. The molecule has 0 fully saturated rings. The highest BCUT2D eigenvalue weighted by atomic mass is 127. The molecule has 0 saturated carbocycles. The lowest BCUT2D eigenvalue weighted by molar-refractivity contribution is -0.733. The van der Waals surface area contributed by atoms with Crippen molar-refractivity contribution in [2.45, 2.75) is 0 Å². The lowest BCUT2D eigenvalue weighted by Crippen LogP contribution is -3.00.